The van der Waals surface area contributed by atoms with Gasteiger partial charge in [0.2, 0.25) is 21.8 Å². The highest BCUT2D eigenvalue weighted by Crippen LogP contribution is 2.21. The first-order valence-electron chi connectivity index (χ1n) is 10.5. The van der Waals surface area contributed by atoms with Crippen LogP contribution in [0.1, 0.15) is 25.8 Å². The number of hydrogen-bond acceptors (Lipinski definition) is 4. The Kier molecular flexibility index (Phi) is 9.19. The largest absolute Gasteiger partial charge is 0.354 e. The molecule has 7 nitrogen and oxygen atoms in total. The number of hydrogen-bond donors (Lipinski definition) is 1. The minimum Gasteiger partial charge on any atom is -0.354 e. The highest BCUT2D eigenvalue weighted by molar-refractivity contribution is 7.92. The molecule has 0 aliphatic heterocycles. The van der Waals surface area contributed by atoms with Gasteiger partial charge in [-0.1, -0.05) is 49.4 Å². The highest BCUT2D eigenvalue weighted by atomic mass is 32.2. The Morgan fingerprint density at radius 2 is 1.69 bits per heavy atom. The Balaban J connectivity index is 2.29. The summed E-state index contributed by atoms with van der Waals surface area (Å²) in [5.74, 6) is -1.67. The van der Waals surface area contributed by atoms with Gasteiger partial charge in [-0.2, -0.15) is 0 Å². The van der Waals surface area contributed by atoms with E-state index in [9.17, 15) is 22.4 Å². The van der Waals surface area contributed by atoms with Gasteiger partial charge in [0.1, 0.15) is 18.4 Å². The summed E-state index contributed by atoms with van der Waals surface area (Å²) in [5.41, 5.74) is 0.759. The van der Waals surface area contributed by atoms with Gasteiger partial charge in [0, 0.05) is 13.1 Å². The first kappa shape index (κ1) is 25.3. The van der Waals surface area contributed by atoms with Crippen LogP contribution in [0.3, 0.4) is 0 Å². The first-order valence-corrected chi connectivity index (χ1v) is 12.3. The SMILES string of the molecule is CCCNC(=O)[C@@H](C)N(CCc1ccccc1)C(=O)CN(c1ccccc1F)S(C)(=O)=O. The maximum absolute atomic E-state index is 14.3. The summed E-state index contributed by atoms with van der Waals surface area (Å²) in [6.07, 6.45) is 2.14. The zero-order valence-electron chi connectivity index (χ0n) is 18.6. The molecule has 0 aliphatic rings. The van der Waals surface area contributed by atoms with E-state index in [0.29, 0.717) is 13.0 Å². The number of carbonyl (C=O) groups is 2. The van der Waals surface area contributed by atoms with Crippen molar-refractivity contribution in [2.75, 3.05) is 30.2 Å². The molecule has 0 unspecified atom stereocenters. The van der Waals surface area contributed by atoms with E-state index in [4.69, 9.17) is 0 Å². The fraction of sp³-hybridized carbons (Fsp3) is 0.391. The lowest BCUT2D eigenvalue weighted by atomic mass is 10.1. The van der Waals surface area contributed by atoms with Gasteiger partial charge in [-0.15, -0.1) is 0 Å². The molecule has 2 aromatic carbocycles. The van der Waals surface area contributed by atoms with Crippen molar-refractivity contribution in [3.63, 3.8) is 0 Å². The lowest BCUT2D eigenvalue weighted by molar-refractivity contribution is -0.138. The molecule has 2 rings (SSSR count). The number of sulfonamides is 1. The average molecular weight is 464 g/mol. The van der Waals surface area contributed by atoms with E-state index in [-0.39, 0.29) is 18.1 Å². The van der Waals surface area contributed by atoms with Crippen LogP contribution in [0.25, 0.3) is 0 Å². The number of halogens is 1. The average Bonchev–Trinajstić information content (AvgIpc) is 2.76. The Bertz CT molecular complexity index is 1010. The van der Waals surface area contributed by atoms with Crippen LogP contribution in [0, 0.1) is 5.82 Å². The van der Waals surface area contributed by atoms with E-state index in [1.165, 1.54) is 23.1 Å². The highest BCUT2D eigenvalue weighted by Gasteiger charge is 2.30. The van der Waals surface area contributed by atoms with Crippen LogP contribution in [-0.2, 0) is 26.0 Å². The van der Waals surface area contributed by atoms with Crippen molar-refractivity contribution in [1.29, 1.82) is 0 Å². The van der Waals surface area contributed by atoms with Gasteiger partial charge in [0.25, 0.3) is 0 Å². The number of para-hydroxylation sites is 1. The third-order valence-corrected chi connectivity index (χ3v) is 6.13. The van der Waals surface area contributed by atoms with Crippen LogP contribution < -0.4 is 9.62 Å². The lowest BCUT2D eigenvalue weighted by Crippen LogP contribution is -2.52. The molecular formula is C23H30FN3O4S. The van der Waals surface area contributed by atoms with Crippen LogP contribution in [0.4, 0.5) is 10.1 Å². The minimum atomic E-state index is -3.95. The second-order valence-corrected chi connectivity index (χ2v) is 9.42. The number of benzene rings is 2. The molecule has 1 atom stereocenters. The number of anilines is 1. The van der Waals surface area contributed by atoms with Crippen LogP contribution in [0.5, 0.6) is 0 Å². The molecule has 0 aliphatic carbocycles. The molecule has 0 spiro atoms. The topological polar surface area (TPSA) is 86.8 Å². The fourth-order valence-corrected chi connectivity index (χ4v) is 4.07. The summed E-state index contributed by atoms with van der Waals surface area (Å²) < 4.78 is 39.8. The molecule has 0 radical (unpaired) electrons. The maximum atomic E-state index is 14.3. The van der Waals surface area contributed by atoms with Gasteiger partial charge >= 0.3 is 0 Å². The zero-order valence-corrected chi connectivity index (χ0v) is 19.4. The predicted octanol–water partition coefficient (Wildman–Crippen LogP) is 2.58. The van der Waals surface area contributed by atoms with Crippen LogP contribution in [0.15, 0.2) is 54.6 Å². The van der Waals surface area contributed by atoms with Crippen molar-refractivity contribution in [2.24, 2.45) is 0 Å². The van der Waals surface area contributed by atoms with E-state index >= 15 is 0 Å². The Morgan fingerprint density at radius 3 is 2.28 bits per heavy atom. The third-order valence-electron chi connectivity index (χ3n) is 5.00. The van der Waals surface area contributed by atoms with Crippen molar-refractivity contribution in [3.8, 4) is 0 Å². The molecule has 174 valence electrons. The number of carbonyl (C=O) groups excluding carboxylic acids is 2. The second-order valence-electron chi connectivity index (χ2n) is 7.51. The van der Waals surface area contributed by atoms with Crippen LogP contribution in [0.2, 0.25) is 0 Å². The molecule has 2 amide bonds. The molecule has 0 saturated carbocycles. The molecule has 32 heavy (non-hydrogen) atoms. The second kappa shape index (κ2) is 11.6. The number of nitrogens with one attached hydrogen (secondary N) is 1. The van der Waals surface area contributed by atoms with Gasteiger partial charge in [-0.25, -0.2) is 12.8 Å². The van der Waals surface area contributed by atoms with E-state index in [0.717, 1.165) is 28.6 Å². The molecule has 1 N–H and O–H groups in total. The summed E-state index contributed by atoms with van der Waals surface area (Å²) in [7, 11) is -3.95. The number of nitrogens with zero attached hydrogens (tertiary/aromatic N) is 2. The monoisotopic (exact) mass is 463 g/mol. The molecule has 0 saturated heterocycles. The molecule has 2 aromatic rings. The standard InChI is InChI=1S/C23H30FN3O4S/c1-4-15-25-23(29)18(2)26(16-14-19-10-6-5-7-11-19)22(28)17-27(32(3,30)31)21-13-9-8-12-20(21)24/h5-13,18H,4,14-17H2,1-3H3,(H,25,29)/t18-/m1/s1. The van der Waals surface area contributed by atoms with Crippen molar-refractivity contribution in [2.45, 2.75) is 32.7 Å². The summed E-state index contributed by atoms with van der Waals surface area (Å²) in [5, 5.41) is 2.77. The van der Waals surface area contributed by atoms with E-state index in [1.54, 1.807) is 6.92 Å². The van der Waals surface area contributed by atoms with Gasteiger partial charge < -0.3 is 10.2 Å². The summed E-state index contributed by atoms with van der Waals surface area (Å²) in [4.78, 5) is 27.2. The normalized spacial score (nSPS) is 12.1. The van der Waals surface area contributed by atoms with Crippen molar-refractivity contribution >= 4 is 27.5 Å². The smallest absolute Gasteiger partial charge is 0.244 e. The van der Waals surface area contributed by atoms with Crippen LogP contribution >= 0.6 is 0 Å². The van der Waals surface area contributed by atoms with E-state index in [1.807, 2.05) is 37.3 Å². The van der Waals surface area contributed by atoms with Crippen molar-refractivity contribution in [3.05, 3.63) is 66.0 Å². The minimum absolute atomic E-state index is 0.207. The van der Waals surface area contributed by atoms with Gasteiger partial charge in [-0.05, 0) is 37.5 Å². The summed E-state index contributed by atoms with van der Waals surface area (Å²) >= 11 is 0. The Hall–Kier alpha value is -2.94. The molecular weight excluding hydrogens is 433 g/mol. The van der Waals surface area contributed by atoms with Crippen molar-refractivity contribution < 1.29 is 22.4 Å². The quantitative estimate of drug-likeness (QED) is 0.555. The van der Waals surface area contributed by atoms with Gasteiger partial charge in [0.15, 0.2) is 0 Å². The fourth-order valence-electron chi connectivity index (χ4n) is 3.21. The maximum Gasteiger partial charge on any atom is 0.244 e. The molecule has 0 fully saturated rings. The Morgan fingerprint density at radius 1 is 1.06 bits per heavy atom. The predicted molar refractivity (Wildman–Crippen MR) is 123 cm³/mol. The lowest BCUT2D eigenvalue weighted by Gasteiger charge is -2.31. The third kappa shape index (κ3) is 7.05. The molecule has 9 heteroatoms. The first-order chi connectivity index (χ1) is 15.1. The molecule has 0 bridgehead atoms. The van der Waals surface area contributed by atoms with Crippen molar-refractivity contribution in [1.82, 2.24) is 10.2 Å². The van der Waals surface area contributed by atoms with E-state index < -0.39 is 34.3 Å². The van der Waals surface area contributed by atoms with Gasteiger partial charge in [-0.3, -0.25) is 13.9 Å². The van der Waals surface area contributed by atoms with E-state index in [2.05, 4.69) is 5.32 Å². The molecule has 0 aromatic heterocycles. The summed E-state index contributed by atoms with van der Waals surface area (Å²) in [6.45, 7) is 3.58. The van der Waals surface area contributed by atoms with Gasteiger partial charge in [0.05, 0.1) is 11.9 Å². The molecule has 0 heterocycles. The Labute approximate surface area is 189 Å². The number of rotatable bonds is 11. The van der Waals surface area contributed by atoms with Crippen LogP contribution in [-0.4, -0.2) is 57.1 Å². The number of amides is 2. The summed E-state index contributed by atoms with van der Waals surface area (Å²) in [6, 6.07) is 14.0. The zero-order chi connectivity index (χ0) is 23.7.